The Hall–Kier alpha value is -1.86. The first-order chi connectivity index (χ1) is 11.7. The van der Waals surface area contributed by atoms with Crippen molar-refractivity contribution in [3.63, 3.8) is 0 Å². The molecular formula is C23H27N. The summed E-state index contributed by atoms with van der Waals surface area (Å²) in [7, 11) is 0. The highest BCUT2D eigenvalue weighted by atomic mass is 15.2. The van der Waals surface area contributed by atoms with Gasteiger partial charge >= 0.3 is 0 Å². The van der Waals surface area contributed by atoms with Crippen LogP contribution in [0.4, 0.5) is 0 Å². The van der Waals surface area contributed by atoms with Gasteiger partial charge in [-0.1, -0.05) is 67.6 Å². The van der Waals surface area contributed by atoms with E-state index in [1.165, 1.54) is 37.1 Å². The zero-order chi connectivity index (χ0) is 16.6. The van der Waals surface area contributed by atoms with Crippen molar-refractivity contribution in [2.75, 3.05) is 13.1 Å². The Balaban J connectivity index is 1.62. The molecule has 1 saturated heterocycles. The predicted octanol–water partition coefficient (Wildman–Crippen LogP) is 5.27. The van der Waals surface area contributed by atoms with E-state index < -0.39 is 0 Å². The zero-order valence-corrected chi connectivity index (χ0v) is 14.8. The van der Waals surface area contributed by atoms with E-state index in [2.05, 4.69) is 79.4 Å². The van der Waals surface area contributed by atoms with Crippen LogP contribution in [0.1, 0.15) is 48.4 Å². The second-order valence-electron chi connectivity index (χ2n) is 7.78. The number of hydrogen-bond acceptors (Lipinski definition) is 1. The van der Waals surface area contributed by atoms with Gasteiger partial charge in [-0.2, -0.15) is 0 Å². The minimum absolute atomic E-state index is 0.427. The van der Waals surface area contributed by atoms with E-state index in [1.54, 1.807) is 11.1 Å². The second kappa shape index (κ2) is 6.22. The fourth-order valence-corrected chi connectivity index (χ4v) is 4.84. The smallest absolute Gasteiger partial charge is 0.0234 e. The Morgan fingerprint density at radius 3 is 2.75 bits per heavy atom. The van der Waals surface area contributed by atoms with Crippen molar-refractivity contribution in [3.8, 4) is 0 Å². The molecule has 0 aromatic heterocycles. The molecular weight excluding hydrogens is 290 g/mol. The molecule has 2 atom stereocenters. The molecule has 0 spiro atoms. The molecule has 2 aliphatic rings. The number of benzene rings is 2. The number of likely N-dealkylation sites (tertiary alicyclic amines) is 1. The van der Waals surface area contributed by atoms with Crippen LogP contribution in [0.15, 0.2) is 54.6 Å². The Bertz CT molecular complexity index is 746. The van der Waals surface area contributed by atoms with Crippen molar-refractivity contribution in [1.82, 2.24) is 4.90 Å². The molecule has 1 aliphatic heterocycles. The van der Waals surface area contributed by atoms with Crippen LogP contribution in [0.25, 0.3) is 6.08 Å². The fraction of sp³-hybridized carbons (Fsp3) is 0.391. The van der Waals surface area contributed by atoms with Gasteiger partial charge in [-0.3, -0.25) is 4.90 Å². The van der Waals surface area contributed by atoms with Crippen molar-refractivity contribution < 1.29 is 0 Å². The quantitative estimate of drug-likeness (QED) is 0.745. The number of fused-ring (bicyclic) bond motifs is 3. The molecule has 1 heteroatoms. The highest BCUT2D eigenvalue weighted by Crippen LogP contribution is 2.51. The normalized spacial score (nSPS) is 26.5. The number of rotatable bonds is 3. The Labute approximate surface area is 146 Å². The molecule has 1 nitrogen and oxygen atoms in total. The van der Waals surface area contributed by atoms with E-state index >= 15 is 0 Å². The number of hydrogen-bond donors (Lipinski definition) is 0. The van der Waals surface area contributed by atoms with Gasteiger partial charge in [-0.25, -0.2) is 0 Å². The van der Waals surface area contributed by atoms with E-state index in [9.17, 15) is 0 Å². The van der Waals surface area contributed by atoms with Crippen LogP contribution in [0.3, 0.4) is 0 Å². The Morgan fingerprint density at radius 2 is 1.96 bits per heavy atom. The first-order valence-corrected chi connectivity index (χ1v) is 9.20. The molecule has 124 valence electrons. The third-order valence-corrected chi connectivity index (χ3v) is 6.03. The van der Waals surface area contributed by atoms with Crippen molar-refractivity contribution >= 4 is 6.08 Å². The molecule has 4 rings (SSSR count). The van der Waals surface area contributed by atoms with Crippen LogP contribution in [0.2, 0.25) is 0 Å². The van der Waals surface area contributed by atoms with Gasteiger partial charge in [0, 0.05) is 25.6 Å². The average Bonchev–Trinajstić information content (AvgIpc) is 2.93. The molecule has 1 aliphatic carbocycles. The van der Waals surface area contributed by atoms with Crippen LogP contribution >= 0.6 is 0 Å². The van der Waals surface area contributed by atoms with Gasteiger partial charge in [0.25, 0.3) is 0 Å². The predicted molar refractivity (Wildman–Crippen MR) is 102 cm³/mol. The molecule has 0 bridgehead atoms. The maximum atomic E-state index is 2.66. The van der Waals surface area contributed by atoms with Gasteiger partial charge in [0.05, 0.1) is 0 Å². The van der Waals surface area contributed by atoms with Gasteiger partial charge in [0.15, 0.2) is 0 Å². The van der Waals surface area contributed by atoms with Gasteiger partial charge in [-0.05, 0) is 47.4 Å². The summed E-state index contributed by atoms with van der Waals surface area (Å²) >= 11 is 0. The lowest BCUT2D eigenvalue weighted by Crippen LogP contribution is -2.31. The highest BCUT2D eigenvalue weighted by molar-refractivity contribution is 5.57. The van der Waals surface area contributed by atoms with E-state index in [4.69, 9.17) is 0 Å². The van der Waals surface area contributed by atoms with Gasteiger partial charge in [0.1, 0.15) is 0 Å². The maximum absolute atomic E-state index is 2.66. The molecule has 2 aromatic rings. The summed E-state index contributed by atoms with van der Waals surface area (Å²) < 4.78 is 0. The maximum Gasteiger partial charge on any atom is 0.0234 e. The minimum atomic E-state index is 0.427. The Kier molecular flexibility index (Phi) is 4.05. The van der Waals surface area contributed by atoms with Crippen molar-refractivity contribution in [2.24, 2.45) is 5.41 Å². The third-order valence-electron chi connectivity index (χ3n) is 6.03. The topological polar surface area (TPSA) is 3.24 Å². The second-order valence-corrected chi connectivity index (χ2v) is 7.78. The first kappa shape index (κ1) is 15.7. The van der Waals surface area contributed by atoms with Crippen LogP contribution in [-0.2, 0) is 13.0 Å². The lowest BCUT2D eigenvalue weighted by molar-refractivity contribution is 0.240. The largest absolute Gasteiger partial charge is 0.298 e. The summed E-state index contributed by atoms with van der Waals surface area (Å²) in [5.41, 5.74) is 6.49. The van der Waals surface area contributed by atoms with E-state index in [1.807, 2.05) is 0 Å². The van der Waals surface area contributed by atoms with E-state index in [0.717, 1.165) is 6.54 Å². The van der Waals surface area contributed by atoms with Crippen molar-refractivity contribution in [2.45, 2.75) is 39.2 Å². The molecule has 1 heterocycles. The fourth-order valence-electron chi connectivity index (χ4n) is 4.84. The van der Waals surface area contributed by atoms with Gasteiger partial charge in [0.2, 0.25) is 0 Å². The van der Waals surface area contributed by atoms with Gasteiger partial charge in [-0.15, -0.1) is 0 Å². The molecule has 0 saturated carbocycles. The summed E-state index contributed by atoms with van der Waals surface area (Å²) in [6.07, 6.45) is 6.98. The summed E-state index contributed by atoms with van der Waals surface area (Å²) in [5.74, 6) is 0.676. The van der Waals surface area contributed by atoms with Crippen molar-refractivity contribution in [1.29, 1.82) is 0 Å². The zero-order valence-electron chi connectivity index (χ0n) is 14.8. The number of allylic oxidation sites excluding steroid dienone is 1. The number of nitrogens with zero attached hydrogens (tertiary/aromatic N) is 1. The lowest BCUT2D eigenvalue weighted by atomic mass is 9.66. The summed E-state index contributed by atoms with van der Waals surface area (Å²) in [6.45, 7) is 8.12. The summed E-state index contributed by atoms with van der Waals surface area (Å²) in [5, 5.41) is 0. The molecule has 0 N–H and O–H groups in total. The minimum Gasteiger partial charge on any atom is -0.298 e. The monoisotopic (exact) mass is 317 g/mol. The third kappa shape index (κ3) is 2.71. The highest BCUT2D eigenvalue weighted by Gasteiger charge is 2.46. The summed E-state index contributed by atoms with van der Waals surface area (Å²) in [4.78, 5) is 2.66. The molecule has 24 heavy (non-hydrogen) atoms. The van der Waals surface area contributed by atoms with Crippen LogP contribution < -0.4 is 0 Å². The van der Waals surface area contributed by atoms with E-state index in [0.29, 0.717) is 11.3 Å². The average molecular weight is 317 g/mol. The molecule has 2 aromatic carbocycles. The standard InChI is InChI=1S/C23H27N/c1-3-8-19-11-7-12-21-20(19)13-14-23(2)17-24(16-22(21)23)15-18-9-5-4-6-10-18/h3-12,22H,13-17H2,1-2H3. The van der Waals surface area contributed by atoms with Crippen LogP contribution in [0, 0.1) is 5.41 Å². The Morgan fingerprint density at radius 1 is 1.12 bits per heavy atom. The molecule has 1 fully saturated rings. The van der Waals surface area contributed by atoms with Gasteiger partial charge < -0.3 is 0 Å². The van der Waals surface area contributed by atoms with E-state index in [-0.39, 0.29) is 0 Å². The molecule has 2 unspecified atom stereocenters. The molecule has 0 radical (unpaired) electrons. The van der Waals surface area contributed by atoms with Crippen LogP contribution in [-0.4, -0.2) is 18.0 Å². The summed E-state index contributed by atoms with van der Waals surface area (Å²) in [6, 6.07) is 17.8. The van der Waals surface area contributed by atoms with Crippen molar-refractivity contribution in [3.05, 3.63) is 76.9 Å². The lowest BCUT2D eigenvalue weighted by Gasteiger charge is -2.37. The van der Waals surface area contributed by atoms with Crippen LogP contribution in [0.5, 0.6) is 0 Å². The first-order valence-electron chi connectivity index (χ1n) is 9.20. The SMILES string of the molecule is CC=Cc1cccc2c1CCC1(C)CN(Cc3ccccc3)CC21. The molecule has 0 amide bonds.